The lowest BCUT2D eigenvalue weighted by atomic mass is 10.0. The van der Waals surface area contributed by atoms with Crippen molar-refractivity contribution in [3.8, 4) is 17.1 Å². The van der Waals surface area contributed by atoms with Gasteiger partial charge < -0.3 is 19.5 Å². The maximum absolute atomic E-state index is 12.3. The summed E-state index contributed by atoms with van der Waals surface area (Å²) in [6, 6.07) is 7.59. The highest BCUT2D eigenvalue weighted by atomic mass is 16.5. The number of aryl methyl sites for hydroxylation is 1. The SMILES string of the molecule is CCOc1ccc(-c2noc(CCC(=O)NC3CCN(C(=O)C(C)C)CC3)n2)cc1. The fraction of sp³-hybridized carbons (Fsp3) is 0.545. The highest BCUT2D eigenvalue weighted by Gasteiger charge is 2.25. The molecule has 1 aliphatic rings. The van der Waals surface area contributed by atoms with Crippen molar-refractivity contribution in [2.24, 2.45) is 5.92 Å². The molecule has 3 rings (SSSR count). The summed E-state index contributed by atoms with van der Waals surface area (Å²) in [7, 11) is 0. The molecule has 0 spiro atoms. The van der Waals surface area contributed by atoms with Gasteiger partial charge >= 0.3 is 0 Å². The standard InChI is InChI=1S/C22H30N4O4/c1-4-29-18-7-5-16(6-8-18)21-24-20(30-25-21)10-9-19(27)23-17-11-13-26(14-12-17)22(28)15(2)3/h5-8,15,17H,4,9-14H2,1-3H3,(H,23,27). The molecule has 2 aromatic rings. The van der Waals surface area contributed by atoms with Crippen molar-refractivity contribution in [2.75, 3.05) is 19.7 Å². The van der Waals surface area contributed by atoms with Gasteiger partial charge in [0.05, 0.1) is 6.61 Å². The van der Waals surface area contributed by atoms with Crippen LogP contribution in [0.15, 0.2) is 28.8 Å². The Bertz CT molecular complexity index is 839. The van der Waals surface area contributed by atoms with Gasteiger partial charge in [0.1, 0.15) is 5.75 Å². The zero-order chi connectivity index (χ0) is 21.5. The molecule has 0 aliphatic carbocycles. The van der Waals surface area contributed by atoms with E-state index in [9.17, 15) is 9.59 Å². The van der Waals surface area contributed by atoms with Crippen LogP contribution in [-0.2, 0) is 16.0 Å². The normalized spacial score (nSPS) is 14.7. The lowest BCUT2D eigenvalue weighted by Gasteiger charge is -2.33. The number of rotatable bonds is 8. The van der Waals surface area contributed by atoms with Crippen molar-refractivity contribution < 1.29 is 18.8 Å². The van der Waals surface area contributed by atoms with E-state index in [0.29, 0.717) is 37.8 Å². The van der Waals surface area contributed by atoms with Crippen LogP contribution in [-0.4, -0.2) is 52.6 Å². The number of benzene rings is 1. The molecule has 1 N–H and O–H groups in total. The lowest BCUT2D eigenvalue weighted by Crippen LogP contribution is -2.47. The molecule has 8 nitrogen and oxygen atoms in total. The molecular formula is C22H30N4O4. The number of carbonyl (C=O) groups is 2. The molecule has 0 bridgehead atoms. The Balaban J connectivity index is 1.43. The first-order chi connectivity index (χ1) is 14.5. The smallest absolute Gasteiger partial charge is 0.227 e. The average molecular weight is 415 g/mol. The summed E-state index contributed by atoms with van der Waals surface area (Å²) >= 11 is 0. The Hall–Kier alpha value is -2.90. The van der Waals surface area contributed by atoms with Crippen LogP contribution in [0, 0.1) is 5.92 Å². The van der Waals surface area contributed by atoms with Crippen LogP contribution in [0.4, 0.5) is 0 Å². The highest BCUT2D eigenvalue weighted by molar-refractivity contribution is 5.78. The largest absolute Gasteiger partial charge is 0.494 e. The Morgan fingerprint density at radius 2 is 1.93 bits per heavy atom. The van der Waals surface area contributed by atoms with Gasteiger partial charge in [-0.25, -0.2) is 0 Å². The van der Waals surface area contributed by atoms with Crippen molar-refractivity contribution >= 4 is 11.8 Å². The van der Waals surface area contributed by atoms with E-state index in [1.54, 1.807) is 0 Å². The summed E-state index contributed by atoms with van der Waals surface area (Å²) in [4.78, 5) is 30.6. The van der Waals surface area contributed by atoms with Crippen molar-refractivity contribution in [3.63, 3.8) is 0 Å². The number of hydrogen-bond donors (Lipinski definition) is 1. The van der Waals surface area contributed by atoms with Crippen LogP contribution < -0.4 is 10.1 Å². The Labute approximate surface area is 177 Å². The van der Waals surface area contributed by atoms with Crippen LogP contribution in [0.1, 0.15) is 45.9 Å². The molecule has 2 heterocycles. The van der Waals surface area contributed by atoms with Crippen LogP contribution in [0.5, 0.6) is 5.75 Å². The van der Waals surface area contributed by atoms with Gasteiger partial charge in [-0.1, -0.05) is 19.0 Å². The maximum atomic E-state index is 12.3. The van der Waals surface area contributed by atoms with Gasteiger partial charge in [-0.15, -0.1) is 0 Å². The number of carbonyl (C=O) groups excluding carboxylic acids is 2. The predicted molar refractivity (Wildman–Crippen MR) is 112 cm³/mol. The summed E-state index contributed by atoms with van der Waals surface area (Å²) < 4.78 is 10.7. The summed E-state index contributed by atoms with van der Waals surface area (Å²) in [5.74, 6) is 1.88. The van der Waals surface area contributed by atoms with Gasteiger partial charge in [-0.3, -0.25) is 9.59 Å². The second-order valence-electron chi connectivity index (χ2n) is 7.79. The second kappa shape index (κ2) is 10.2. The second-order valence-corrected chi connectivity index (χ2v) is 7.79. The van der Waals surface area contributed by atoms with Gasteiger partial charge in [0.25, 0.3) is 0 Å². The van der Waals surface area contributed by atoms with E-state index in [0.717, 1.165) is 24.2 Å². The van der Waals surface area contributed by atoms with Crippen LogP contribution in [0.2, 0.25) is 0 Å². The van der Waals surface area contributed by atoms with E-state index in [4.69, 9.17) is 9.26 Å². The van der Waals surface area contributed by atoms with E-state index in [2.05, 4.69) is 15.5 Å². The van der Waals surface area contributed by atoms with Gasteiger partial charge in [-0.2, -0.15) is 4.98 Å². The van der Waals surface area contributed by atoms with E-state index in [-0.39, 0.29) is 30.2 Å². The fourth-order valence-electron chi connectivity index (χ4n) is 3.47. The van der Waals surface area contributed by atoms with Crippen LogP contribution >= 0.6 is 0 Å². The zero-order valence-corrected chi connectivity index (χ0v) is 17.9. The molecule has 2 amide bonds. The number of amides is 2. The predicted octanol–water partition coefficient (Wildman–Crippen LogP) is 2.83. The quantitative estimate of drug-likeness (QED) is 0.713. The van der Waals surface area contributed by atoms with Crippen LogP contribution in [0.25, 0.3) is 11.4 Å². The van der Waals surface area contributed by atoms with E-state index < -0.39 is 0 Å². The molecule has 0 unspecified atom stereocenters. The Morgan fingerprint density at radius 1 is 1.23 bits per heavy atom. The minimum absolute atomic E-state index is 0.0121. The maximum Gasteiger partial charge on any atom is 0.227 e. The number of likely N-dealkylation sites (tertiary alicyclic amines) is 1. The molecule has 0 radical (unpaired) electrons. The molecule has 30 heavy (non-hydrogen) atoms. The molecule has 1 saturated heterocycles. The molecule has 0 atom stereocenters. The Morgan fingerprint density at radius 3 is 2.57 bits per heavy atom. The Kier molecular flexibility index (Phi) is 7.43. The minimum atomic E-state index is -0.0375. The first-order valence-electron chi connectivity index (χ1n) is 10.6. The molecule has 1 aromatic carbocycles. The summed E-state index contributed by atoms with van der Waals surface area (Å²) in [6.45, 7) is 7.76. The minimum Gasteiger partial charge on any atom is -0.494 e. The van der Waals surface area contributed by atoms with Gasteiger partial charge in [0.2, 0.25) is 23.5 Å². The number of aromatic nitrogens is 2. The summed E-state index contributed by atoms with van der Waals surface area (Å²) in [5, 5.41) is 7.05. The molecule has 1 fully saturated rings. The van der Waals surface area contributed by atoms with Crippen LogP contribution in [0.3, 0.4) is 0 Å². The van der Waals surface area contributed by atoms with E-state index in [1.807, 2.05) is 49.9 Å². The zero-order valence-electron chi connectivity index (χ0n) is 17.9. The average Bonchev–Trinajstić information content (AvgIpc) is 3.22. The van der Waals surface area contributed by atoms with Gasteiger partial charge in [0.15, 0.2) is 0 Å². The monoisotopic (exact) mass is 414 g/mol. The van der Waals surface area contributed by atoms with Crippen molar-refractivity contribution in [1.29, 1.82) is 0 Å². The highest BCUT2D eigenvalue weighted by Crippen LogP contribution is 2.20. The first-order valence-corrected chi connectivity index (χ1v) is 10.6. The molecule has 162 valence electrons. The van der Waals surface area contributed by atoms with Gasteiger partial charge in [0, 0.05) is 43.5 Å². The third kappa shape index (κ3) is 5.81. The van der Waals surface area contributed by atoms with Gasteiger partial charge in [-0.05, 0) is 44.0 Å². The topological polar surface area (TPSA) is 97.6 Å². The fourth-order valence-corrected chi connectivity index (χ4v) is 3.47. The molecule has 0 saturated carbocycles. The van der Waals surface area contributed by atoms with E-state index >= 15 is 0 Å². The molecular weight excluding hydrogens is 384 g/mol. The van der Waals surface area contributed by atoms with Crippen molar-refractivity contribution in [3.05, 3.63) is 30.2 Å². The van der Waals surface area contributed by atoms with Crippen molar-refractivity contribution in [1.82, 2.24) is 20.4 Å². The molecule has 1 aromatic heterocycles. The molecule has 8 heteroatoms. The number of nitrogens with zero attached hydrogens (tertiary/aromatic N) is 3. The third-order valence-electron chi connectivity index (χ3n) is 5.12. The summed E-state index contributed by atoms with van der Waals surface area (Å²) in [5.41, 5.74) is 0.834. The van der Waals surface area contributed by atoms with Crippen molar-refractivity contribution in [2.45, 2.75) is 52.5 Å². The lowest BCUT2D eigenvalue weighted by molar-refractivity contribution is -0.135. The number of hydrogen-bond acceptors (Lipinski definition) is 6. The third-order valence-corrected chi connectivity index (χ3v) is 5.12. The summed E-state index contributed by atoms with van der Waals surface area (Å²) in [6.07, 6.45) is 2.25. The molecule has 1 aliphatic heterocycles. The number of piperidine rings is 1. The number of ether oxygens (including phenoxy) is 1. The van der Waals surface area contributed by atoms with E-state index in [1.165, 1.54) is 0 Å². The number of nitrogens with one attached hydrogen (secondary N) is 1. The first kappa shape index (κ1) is 21.8.